The van der Waals surface area contributed by atoms with E-state index >= 15 is 0 Å². The highest BCUT2D eigenvalue weighted by molar-refractivity contribution is 8.00. The molecule has 4 rings (SSSR count). The number of nitrogens with zero attached hydrogens (tertiary/aromatic N) is 3. The lowest BCUT2D eigenvalue weighted by atomic mass is 10.0. The van der Waals surface area contributed by atoms with Crippen molar-refractivity contribution >= 4 is 23.4 Å². The first-order valence-corrected chi connectivity index (χ1v) is 10.9. The summed E-state index contributed by atoms with van der Waals surface area (Å²) in [5.41, 5.74) is 7.08. The van der Waals surface area contributed by atoms with Crippen LogP contribution in [-0.4, -0.2) is 26.0 Å². The van der Waals surface area contributed by atoms with Gasteiger partial charge in [-0.1, -0.05) is 43.0 Å². The van der Waals surface area contributed by atoms with Crippen molar-refractivity contribution in [1.29, 1.82) is 0 Å². The highest BCUT2D eigenvalue weighted by atomic mass is 32.2. The van der Waals surface area contributed by atoms with Gasteiger partial charge in [-0.2, -0.15) is 0 Å². The van der Waals surface area contributed by atoms with Crippen molar-refractivity contribution in [3.05, 3.63) is 70.8 Å². The van der Waals surface area contributed by atoms with Gasteiger partial charge in [-0.25, -0.2) is 9.07 Å². The maximum absolute atomic E-state index is 13.5. The fourth-order valence-electron chi connectivity index (χ4n) is 3.48. The van der Waals surface area contributed by atoms with Crippen LogP contribution >= 0.6 is 11.8 Å². The summed E-state index contributed by atoms with van der Waals surface area (Å²) in [5, 5.41) is 11.7. The number of benzene rings is 2. The number of anilines is 1. The Morgan fingerprint density at radius 3 is 2.70 bits per heavy atom. The largest absolute Gasteiger partial charge is 0.325 e. The second-order valence-electron chi connectivity index (χ2n) is 7.49. The van der Waals surface area contributed by atoms with Gasteiger partial charge in [0.25, 0.3) is 0 Å². The molecule has 0 radical (unpaired) electrons. The van der Waals surface area contributed by atoms with Crippen LogP contribution in [0.2, 0.25) is 0 Å². The minimum Gasteiger partial charge on any atom is -0.325 e. The zero-order chi connectivity index (χ0) is 21.3. The molecule has 0 fully saturated rings. The zero-order valence-corrected chi connectivity index (χ0v) is 18.0. The molecular weight excluding hydrogens is 401 g/mol. The average Bonchev–Trinajstić information content (AvgIpc) is 3.12. The molecule has 8 heteroatoms. The molecule has 1 aromatic heterocycles. The van der Waals surface area contributed by atoms with E-state index in [4.69, 9.17) is 0 Å². The SMILES string of the molecule is CCCc1nnc2n1N[C@H](c1ccc(F)cc1)[C@H](C(=O)Nc1cc(C)ccc1C)S2. The second kappa shape index (κ2) is 8.47. The molecule has 0 unspecified atom stereocenters. The molecular formula is C22H24FN5OS. The number of thioether (sulfide) groups is 1. The number of hydrogen-bond acceptors (Lipinski definition) is 5. The quantitative estimate of drug-likeness (QED) is 0.635. The molecule has 6 nitrogen and oxygen atoms in total. The van der Waals surface area contributed by atoms with Crippen molar-refractivity contribution in [2.24, 2.45) is 0 Å². The monoisotopic (exact) mass is 425 g/mol. The molecule has 0 bridgehead atoms. The fourth-order valence-corrected chi connectivity index (χ4v) is 4.58. The lowest BCUT2D eigenvalue weighted by Gasteiger charge is -2.33. The molecule has 3 aromatic rings. The summed E-state index contributed by atoms with van der Waals surface area (Å²) in [5.74, 6) is 0.373. The van der Waals surface area contributed by atoms with Crippen LogP contribution < -0.4 is 10.7 Å². The number of aromatic nitrogens is 3. The number of carbonyl (C=O) groups is 1. The van der Waals surface area contributed by atoms with Crippen molar-refractivity contribution in [3.63, 3.8) is 0 Å². The van der Waals surface area contributed by atoms with Gasteiger partial charge in [-0.15, -0.1) is 10.2 Å². The minimum atomic E-state index is -0.499. The van der Waals surface area contributed by atoms with Crippen LogP contribution in [0, 0.1) is 19.7 Å². The normalized spacial score (nSPS) is 17.9. The summed E-state index contributed by atoms with van der Waals surface area (Å²) >= 11 is 1.37. The van der Waals surface area contributed by atoms with Gasteiger partial charge in [0, 0.05) is 12.1 Å². The first-order chi connectivity index (χ1) is 14.5. The molecule has 1 amide bonds. The summed E-state index contributed by atoms with van der Waals surface area (Å²) in [6.45, 7) is 6.03. The topological polar surface area (TPSA) is 71.8 Å². The maximum Gasteiger partial charge on any atom is 0.240 e. The first-order valence-electron chi connectivity index (χ1n) is 9.97. The first kappa shape index (κ1) is 20.4. The number of halogens is 1. The van der Waals surface area contributed by atoms with Crippen LogP contribution in [0.25, 0.3) is 0 Å². The average molecular weight is 426 g/mol. The van der Waals surface area contributed by atoms with E-state index in [2.05, 4.69) is 27.9 Å². The van der Waals surface area contributed by atoms with Crippen molar-refractivity contribution in [2.45, 2.75) is 50.1 Å². The van der Waals surface area contributed by atoms with Crippen LogP contribution in [0.15, 0.2) is 47.6 Å². The van der Waals surface area contributed by atoms with Crippen LogP contribution in [0.5, 0.6) is 0 Å². The summed E-state index contributed by atoms with van der Waals surface area (Å²) in [4.78, 5) is 13.3. The van der Waals surface area contributed by atoms with Crippen molar-refractivity contribution in [3.8, 4) is 0 Å². The molecule has 2 atom stereocenters. The van der Waals surface area contributed by atoms with E-state index < -0.39 is 5.25 Å². The number of nitrogens with one attached hydrogen (secondary N) is 2. The molecule has 2 aromatic carbocycles. The van der Waals surface area contributed by atoms with Gasteiger partial charge in [0.15, 0.2) is 5.82 Å². The Bertz CT molecular complexity index is 1070. The molecule has 2 N–H and O–H groups in total. The van der Waals surface area contributed by atoms with Gasteiger partial charge in [0.1, 0.15) is 11.1 Å². The lowest BCUT2D eigenvalue weighted by Crippen LogP contribution is -2.41. The molecule has 1 aliphatic heterocycles. The third-order valence-electron chi connectivity index (χ3n) is 5.12. The third kappa shape index (κ3) is 4.05. The smallest absolute Gasteiger partial charge is 0.240 e. The molecule has 30 heavy (non-hydrogen) atoms. The van der Waals surface area contributed by atoms with Gasteiger partial charge in [0.05, 0.1) is 6.04 Å². The molecule has 2 heterocycles. The molecule has 1 aliphatic rings. The Morgan fingerprint density at radius 2 is 1.97 bits per heavy atom. The number of carbonyl (C=O) groups excluding carboxylic acids is 1. The number of hydrogen-bond donors (Lipinski definition) is 2. The fraction of sp³-hybridized carbons (Fsp3) is 0.318. The van der Waals surface area contributed by atoms with Gasteiger partial charge < -0.3 is 10.7 Å². The van der Waals surface area contributed by atoms with E-state index in [1.165, 1.54) is 23.9 Å². The van der Waals surface area contributed by atoms with Crippen LogP contribution in [0.1, 0.15) is 41.9 Å². The van der Waals surface area contributed by atoms with Crippen molar-refractivity contribution < 1.29 is 9.18 Å². The van der Waals surface area contributed by atoms with E-state index in [0.717, 1.165) is 41.0 Å². The summed E-state index contributed by atoms with van der Waals surface area (Å²) < 4.78 is 15.4. The highest BCUT2D eigenvalue weighted by Gasteiger charge is 2.37. The number of aryl methyl sites for hydroxylation is 3. The molecule has 0 saturated heterocycles. The number of rotatable bonds is 5. The van der Waals surface area contributed by atoms with Crippen molar-refractivity contribution in [2.75, 3.05) is 10.7 Å². The van der Waals surface area contributed by atoms with Gasteiger partial charge in [-0.05, 0) is 55.2 Å². The maximum atomic E-state index is 13.5. The van der Waals surface area contributed by atoms with Crippen molar-refractivity contribution in [1.82, 2.24) is 14.9 Å². The summed E-state index contributed by atoms with van der Waals surface area (Å²) in [6.07, 6.45) is 1.71. The van der Waals surface area contributed by atoms with Crippen LogP contribution in [-0.2, 0) is 11.2 Å². The molecule has 156 valence electrons. The van der Waals surface area contributed by atoms with Gasteiger partial charge >= 0.3 is 0 Å². The third-order valence-corrected chi connectivity index (χ3v) is 6.33. The Kier molecular flexibility index (Phi) is 5.76. The Labute approximate surface area is 179 Å². The van der Waals surface area contributed by atoms with E-state index in [1.807, 2.05) is 36.7 Å². The highest BCUT2D eigenvalue weighted by Crippen LogP contribution is 2.38. The number of fused-ring (bicyclic) bond motifs is 1. The van der Waals surface area contributed by atoms with Gasteiger partial charge in [-0.3, -0.25) is 4.79 Å². The summed E-state index contributed by atoms with van der Waals surface area (Å²) in [6, 6.07) is 11.8. The molecule has 0 saturated carbocycles. The second-order valence-corrected chi connectivity index (χ2v) is 8.60. The van der Waals surface area contributed by atoms with E-state index in [-0.39, 0.29) is 17.8 Å². The predicted octanol–water partition coefficient (Wildman–Crippen LogP) is 4.38. The Hall–Kier alpha value is -2.87. The van der Waals surface area contributed by atoms with Gasteiger partial charge in [0.2, 0.25) is 11.1 Å². The molecule has 0 spiro atoms. The Balaban J connectivity index is 1.68. The van der Waals surface area contributed by atoms with E-state index in [1.54, 1.807) is 12.1 Å². The standard InChI is InChI=1S/C22H24FN5OS/c1-4-5-18-25-26-22-28(18)27-19(15-8-10-16(23)11-9-15)20(30-22)21(29)24-17-12-13(2)6-7-14(17)3/h6-12,19-20,27H,4-5H2,1-3H3,(H,24,29)/t19-,20-/m1/s1. The minimum absolute atomic E-state index is 0.137. The van der Waals surface area contributed by atoms with E-state index in [9.17, 15) is 9.18 Å². The Morgan fingerprint density at radius 1 is 1.20 bits per heavy atom. The zero-order valence-electron chi connectivity index (χ0n) is 17.1. The summed E-state index contributed by atoms with van der Waals surface area (Å²) in [7, 11) is 0. The lowest BCUT2D eigenvalue weighted by molar-refractivity contribution is -0.116. The molecule has 0 aliphatic carbocycles. The predicted molar refractivity (Wildman–Crippen MR) is 117 cm³/mol. The van der Waals surface area contributed by atoms with Crippen LogP contribution in [0.3, 0.4) is 0 Å². The van der Waals surface area contributed by atoms with E-state index in [0.29, 0.717) is 5.16 Å². The number of amides is 1. The van der Waals surface area contributed by atoms with Crippen LogP contribution in [0.4, 0.5) is 10.1 Å².